The zero-order valence-corrected chi connectivity index (χ0v) is 8.07. The van der Waals surface area contributed by atoms with Crippen LogP contribution in [0.3, 0.4) is 0 Å². The Balaban J connectivity index is 2.01. The summed E-state index contributed by atoms with van der Waals surface area (Å²) in [5.41, 5.74) is 1.39. The predicted octanol–water partition coefficient (Wildman–Crippen LogP) is 2.49. The molecule has 0 bridgehead atoms. The number of nitrogens with zero attached hydrogens (tertiary/aromatic N) is 2. The molecule has 0 atom stereocenters. The van der Waals surface area contributed by atoms with Gasteiger partial charge in [0, 0.05) is 24.0 Å². The second kappa shape index (κ2) is 3.15. The molecule has 2 heterocycles. The maximum atomic E-state index is 13.4. The molecule has 0 aromatic carbocycles. The van der Waals surface area contributed by atoms with E-state index in [0.717, 1.165) is 5.69 Å². The number of rotatable bonds is 2. The van der Waals surface area contributed by atoms with E-state index in [1.165, 1.54) is 18.9 Å². The van der Waals surface area contributed by atoms with Gasteiger partial charge in [0.05, 0.1) is 0 Å². The quantitative estimate of drug-likeness (QED) is 0.814. The Kier molecular flexibility index (Phi) is 1.80. The van der Waals surface area contributed by atoms with Crippen LogP contribution in [0.5, 0.6) is 0 Å². The van der Waals surface area contributed by atoms with E-state index >= 15 is 0 Å². The maximum Gasteiger partial charge on any atom is 0.159 e. The first-order valence-electron chi connectivity index (χ1n) is 5.00. The Hall–Kier alpha value is -1.71. The van der Waals surface area contributed by atoms with Gasteiger partial charge in [-0.3, -0.25) is 0 Å². The van der Waals surface area contributed by atoms with Gasteiger partial charge in [-0.2, -0.15) is 0 Å². The van der Waals surface area contributed by atoms with Gasteiger partial charge in [0.25, 0.3) is 0 Å². The minimum Gasteiger partial charge on any atom is -0.340 e. The van der Waals surface area contributed by atoms with Crippen molar-refractivity contribution in [1.82, 2.24) is 15.0 Å². The largest absolute Gasteiger partial charge is 0.340 e. The summed E-state index contributed by atoms with van der Waals surface area (Å²) in [5.74, 6) is 0.780. The average molecular weight is 203 g/mol. The number of pyridine rings is 1. The highest BCUT2D eigenvalue weighted by Gasteiger charge is 2.25. The van der Waals surface area contributed by atoms with Crippen LogP contribution in [0.4, 0.5) is 4.39 Å². The molecular weight excluding hydrogens is 193 g/mol. The third-order valence-electron chi connectivity index (χ3n) is 2.60. The lowest BCUT2D eigenvalue weighted by Gasteiger charge is -1.96. The van der Waals surface area contributed by atoms with E-state index < -0.39 is 0 Å². The van der Waals surface area contributed by atoms with Crippen molar-refractivity contribution in [1.29, 1.82) is 0 Å². The third kappa shape index (κ3) is 1.52. The van der Waals surface area contributed by atoms with Crippen molar-refractivity contribution >= 4 is 0 Å². The number of nitrogens with one attached hydrogen (secondary N) is 1. The molecule has 2 aromatic heterocycles. The lowest BCUT2D eigenvalue weighted by Crippen LogP contribution is -1.90. The first-order valence-corrected chi connectivity index (χ1v) is 5.00. The molecule has 3 nitrogen and oxygen atoms in total. The minimum absolute atomic E-state index is 0.296. The van der Waals surface area contributed by atoms with Crippen LogP contribution in [0, 0.1) is 5.82 Å². The van der Waals surface area contributed by atoms with Crippen LogP contribution in [0.2, 0.25) is 0 Å². The summed E-state index contributed by atoms with van der Waals surface area (Å²) in [6.07, 6.45) is 5.75. The zero-order valence-electron chi connectivity index (χ0n) is 8.07. The molecule has 0 radical (unpaired) electrons. The maximum absolute atomic E-state index is 13.4. The van der Waals surface area contributed by atoms with Crippen molar-refractivity contribution in [2.24, 2.45) is 0 Å². The number of hydrogen-bond donors (Lipinski definition) is 1. The predicted molar refractivity (Wildman–Crippen MR) is 53.8 cm³/mol. The van der Waals surface area contributed by atoms with Crippen LogP contribution < -0.4 is 0 Å². The first kappa shape index (κ1) is 8.59. The molecule has 0 unspecified atom stereocenters. The SMILES string of the molecule is Fc1cccnc1-c1ncc(C2CC2)[nH]1. The molecule has 1 aliphatic carbocycles. The summed E-state index contributed by atoms with van der Waals surface area (Å²) in [6, 6.07) is 2.96. The summed E-state index contributed by atoms with van der Waals surface area (Å²) in [4.78, 5) is 11.2. The van der Waals surface area contributed by atoms with E-state index in [0.29, 0.717) is 17.4 Å². The number of imidazole rings is 1. The summed E-state index contributed by atoms with van der Waals surface area (Å²) in [7, 11) is 0. The number of H-pyrrole nitrogens is 1. The van der Waals surface area contributed by atoms with E-state index in [2.05, 4.69) is 15.0 Å². The van der Waals surface area contributed by atoms with Crippen molar-refractivity contribution in [2.45, 2.75) is 18.8 Å². The normalized spacial score (nSPS) is 15.5. The Morgan fingerprint density at radius 2 is 2.20 bits per heavy atom. The molecular formula is C11H10FN3. The summed E-state index contributed by atoms with van der Waals surface area (Å²) in [5, 5.41) is 0. The summed E-state index contributed by atoms with van der Waals surface area (Å²) < 4.78 is 13.4. The molecule has 1 aliphatic rings. The molecule has 0 spiro atoms. The molecule has 0 amide bonds. The molecule has 0 saturated heterocycles. The highest BCUT2D eigenvalue weighted by molar-refractivity contribution is 5.50. The Labute approximate surface area is 86.4 Å². The van der Waals surface area contributed by atoms with Crippen LogP contribution >= 0.6 is 0 Å². The Bertz CT molecular complexity index is 488. The van der Waals surface area contributed by atoms with E-state index in [1.54, 1.807) is 18.5 Å². The van der Waals surface area contributed by atoms with Crippen LogP contribution in [0.25, 0.3) is 11.5 Å². The van der Waals surface area contributed by atoms with Gasteiger partial charge >= 0.3 is 0 Å². The van der Waals surface area contributed by atoms with Crippen LogP contribution in [0.15, 0.2) is 24.5 Å². The number of aromatic nitrogens is 3. The van der Waals surface area contributed by atoms with Crippen LogP contribution in [-0.4, -0.2) is 15.0 Å². The van der Waals surface area contributed by atoms with Gasteiger partial charge < -0.3 is 4.98 Å². The van der Waals surface area contributed by atoms with Crippen molar-refractivity contribution in [3.63, 3.8) is 0 Å². The number of hydrogen-bond acceptors (Lipinski definition) is 2. The van der Waals surface area contributed by atoms with Crippen molar-refractivity contribution in [2.75, 3.05) is 0 Å². The lowest BCUT2D eigenvalue weighted by molar-refractivity contribution is 0.624. The molecule has 0 aliphatic heterocycles. The van der Waals surface area contributed by atoms with Crippen molar-refractivity contribution in [3.05, 3.63) is 36.0 Å². The summed E-state index contributed by atoms with van der Waals surface area (Å²) in [6.45, 7) is 0. The number of halogens is 1. The van der Waals surface area contributed by atoms with Gasteiger partial charge in [0.15, 0.2) is 11.6 Å². The molecule has 76 valence electrons. The van der Waals surface area contributed by atoms with Gasteiger partial charge in [-0.1, -0.05) is 0 Å². The molecule has 1 N–H and O–H groups in total. The van der Waals surface area contributed by atoms with Gasteiger partial charge in [-0.25, -0.2) is 14.4 Å². The zero-order chi connectivity index (χ0) is 10.3. The number of aromatic amines is 1. The molecule has 1 saturated carbocycles. The van der Waals surface area contributed by atoms with Gasteiger partial charge in [0.1, 0.15) is 5.69 Å². The topological polar surface area (TPSA) is 41.6 Å². The van der Waals surface area contributed by atoms with Crippen molar-refractivity contribution in [3.8, 4) is 11.5 Å². The van der Waals surface area contributed by atoms with E-state index in [4.69, 9.17) is 0 Å². The van der Waals surface area contributed by atoms with E-state index in [9.17, 15) is 4.39 Å². The second-order valence-corrected chi connectivity index (χ2v) is 3.80. The third-order valence-corrected chi connectivity index (χ3v) is 2.60. The molecule has 1 fully saturated rings. The molecule has 4 heteroatoms. The lowest BCUT2D eigenvalue weighted by atomic mass is 10.3. The highest BCUT2D eigenvalue weighted by Crippen LogP contribution is 2.39. The van der Waals surface area contributed by atoms with Gasteiger partial charge in [-0.15, -0.1) is 0 Å². The minimum atomic E-state index is -0.339. The van der Waals surface area contributed by atoms with E-state index in [-0.39, 0.29) is 5.82 Å². The Morgan fingerprint density at radius 1 is 1.33 bits per heavy atom. The van der Waals surface area contributed by atoms with Crippen LogP contribution in [0.1, 0.15) is 24.5 Å². The van der Waals surface area contributed by atoms with Crippen molar-refractivity contribution < 1.29 is 4.39 Å². The molecule has 15 heavy (non-hydrogen) atoms. The summed E-state index contributed by atoms with van der Waals surface area (Å²) >= 11 is 0. The molecule has 2 aromatic rings. The monoisotopic (exact) mass is 203 g/mol. The fourth-order valence-corrected chi connectivity index (χ4v) is 1.62. The van der Waals surface area contributed by atoms with Gasteiger partial charge in [0.2, 0.25) is 0 Å². The molecule has 3 rings (SSSR count). The smallest absolute Gasteiger partial charge is 0.159 e. The van der Waals surface area contributed by atoms with Crippen LogP contribution in [-0.2, 0) is 0 Å². The fraction of sp³-hybridized carbons (Fsp3) is 0.273. The van der Waals surface area contributed by atoms with E-state index in [1.807, 2.05) is 0 Å². The fourth-order valence-electron chi connectivity index (χ4n) is 1.62. The average Bonchev–Trinajstić information content (AvgIpc) is 2.99. The Morgan fingerprint density at radius 3 is 2.93 bits per heavy atom. The second-order valence-electron chi connectivity index (χ2n) is 3.80. The van der Waals surface area contributed by atoms with Gasteiger partial charge in [-0.05, 0) is 25.0 Å². The first-order chi connectivity index (χ1) is 7.34. The highest BCUT2D eigenvalue weighted by atomic mass is 19.1. The standard InChI is InChI=1S/C11H10FN3/c12-8-2-1-5-13-10(8)11-14-6-9(15-11)7-3-4-7/h1-2,5-7H,3-4H2,(H,14,15).